The molecule has 1 heterocycles. The lowest BCUT2D eigenvalue weighted by atomic mass is 10.1. The van der Waals surface area contributed by atoms with Gasteiger partial charge >= 0.3 is 0 Å². The molecule has 0 atom stereocenters. The second-order valence-corrected chi connectivity index (χ2v) is 6.68. The third-order valence-electron chi connectivity index (χ3n) is 4.38. The molecule has 0 spiro atoms. The number of nitrogens with one attached hydrogen (secondary N) is 2. The number of hydrogen-bond donors (Lipinski definition) is 2. The minimum atomic E-state index is -0.301. The second kappa shape index (κ2) is 8.60. The number of amides is 1. The Morgan fingerprint density at radius 3 is 2.41 bits per heavy atom. The molecule has 0 aliphatic rings. The van der Waals surface area contributed by atoms with Gasteiger partial charge in [0.2, 0.25) is 5.95 Å². The summed E-state index contributed by atoms with van der Waals surface area (Å²) >= 11 is 0. The first kappa shape index (κ1) is 20.1. The smallest absolute Gasteiger partial charge is 0.274 e. The van der Waals surface area contributed by atoms with Crippen LogP contribution in [0.3, 0.4) is 0 Å². The molecule has 29 heavy (non-hydrogen) atoms. The third-order valence-corrected chi connectivity index (χ3v) is 4.38. The van der Waals surface area contributed by atoms with E-state index in [1.165, 1.54) is 0 Å². The molecule has 0 saturated carbocycles. The van der Waals surface area contributed by atoms with Crippen molar-refractivity contribution < 1.29 is 14.3 Å². The van der Waals surface area contributed by atoms with Gasteiger partial charge in [-0.15, -0.1) is 0 Å². The number of benzene rings is 2. The highest BCUT2D eigenvalue weighted by atomic mass is 16.5. The Balaban J connectivity index is 1.88. The molecule has 1 amide bonds. The number of carbonyl (C=O) groups excluding carboxylic acids is 1. The predicted octanol–water partition coefficient (Wildman–Crippen LogP) is 4.41. The minimum Gasteiger partial charge on any atom is -0.497 e. The maximum absolute atomic E-state index is 12.8. The van der Waals surface area contributed by atoms with E-state index in [1.807, 2.05) is 39.0 Å². The Hall–Kier alpha value is -3.61. The largest absolute Gasteiger partial charge is 0.497 e. The van der Waals surface area contributed by atoms with Gasteiger partial charge in [-0.2, -0.15) is 0 Å². The van der Waals surface area contributed by atoms with Gasteiger partial charge in [0.15, 0.2) is 0 Å². The quantitative estimate of drug-likeness (QED) is 0.646. The van der Waals surface area contributed by atoms with E-state index in [2.05, 4.69) is 20.6 Å². The normalized spacial score (nSPS) is 10.4. The van der Waals surface area contributed by atoms with E-state index < -0.39 is 0 Å². The van der Waals surface area contributed by atoms with Crippen molar-refractivity contribution >= 4 is 23.2 Å². The van der Waals surface area contributed by atoms with Crippen LogP contribution in [0.15, 0.2) is 42.5 Å². The molecule has 0 unspecified atom stereocenters. The molecule has 2 N–H and O–H groups in total. The fourth-order valence-corrected chi connectivity index (χ4v) is 2.83. The number of rotatable bonds is 6. The summed E-state index contributed by atoms with van der Waals surface area (Å²) in [7, 11) is 3.16. The Labute approximate surface area is 170 Å². The molecule has 3 aromatic rings. The number of hydrogen-bond acceptors (Lipinski definition) is 6. The average molecular weight is 392 g/mol. The highest BCUT2D eigenvalue weighted by Gasteiger charge is 2.14. The summed E-state index contributed by atoms with van der Waals surface area (Å²) in [5.41, 5.74) is 4.37. The lowest BCUT2D eigenvalue weighted by Gasteiger charge is -2.13. The zero-order chi connectivity index (χ0) is 21.0. The van der Waals surface area contributed by atoms with Crippen LogP contribution in [-0.2, 0) is 0 Å². The molecule has 150 valence electrons. The van der Waals surface area contributed by atoms with E-state index in [1.54, 1.807) is 38.5 Å². The summed E-state index contributed by atoms with van der Waals surface area (Å²) in [6, 6.07) is 12.9. The van der Waals surface area contributed by atoms with Crippen LogP contribution in [0.1, 0.15) is 27.3 Å². The molecule has 0 fully saturated rings. The number of carbonyl (C=O) groups is 1. The molecule has 0 bridgehead atoms. The molecular weight excluding hydrogens is 368 g/mol. The number of aryl methyl sites for hydroxylation is 3. The van der Waals surface area contributed by atoms with Crippen LogP contribution in [0.2, 0.25) is 0 Å². The first-order valence-corrected chi connectivity index (χ1v) is 9.13. The van der Waals surface area contributed by atoms with Crippen molar-refractivity contribution in [3.8, 4) is 11.5 Å². The second-order valence-electron chi connectivity index (χ2n) is 6.68. The third kappa shape index (κ3) is 4.82. The van der Waals surface area contributed by atoms with Crippen LogP contribution in [-0.4, -0.2) is 30.1 Å². The van der Waals surface area contributed by atoms with E-state index >= 15 is 0 Å². The summed E-state index contributed by atoms with van der Waals surface area (Å²) in [5.74, 6) is 1.26. The van der Waals surface area contributed by atoms with Crippen molar-refractivity contribution in [1.82, 2.24) is 9.97 Å². The van der Waals surface area contributed by atoms with Gasteiger partial charge in [0.05, 0.1) is 19.9 Å². The number of anilines is 3. The number of ether oxygens (including phenoxy) is 2. The summed E-state index contributed by atoms with van der Waals surface area (Å²) in [6.07, 6.45) is 0. The zero-order valence-corrected chi connectivity index (χ0v) is 17.2. The highest BCUT2D eigenvalue weighted by Crippen LogP contribution is 2.30. The summed E-state index contributed by atoms with van der Waals surface area (Å²) in [4.78, 5) is 21.5. The van der Waals surface area contributed by atoms with Crippen molar-refractivity contribution in [2.75, 3.05) is 24.9 Å². The van der Waals surface area contributed by atoms with E-state index in [4.69, 9.17) is 9.47 Å². The van der Waals surface area contributed by atoms with Gasteiger partial charge in [0, 0.05) is 17.4 Å². The van der Waals surface area contributed by atoms with E-state index in [0.29, 0.717) is 28.8 Å². The molecule has 7 heteroatoms. The van der Waals surface area contributed by atoms with E-state index in [-0.39, 0.29) is 11.6 Å². The Kier molecular flexibility index (Phi) is 5.97. The van der Waals surface area contributed by atoms with Gasteiger partial charge in [0.1, 0.15) is 17.2 Å². The number of methoxy groups -OCH3 is 2. The van der Waals surface area contributed by atoms with Crippen LogP contribution in [0.4, 0.5) is 17.3 Å². The highest BCUT2D eigenvalue weighted by molar-refractivity contribution is 6.03. The van der Waals surface area contributed by atoms with Crippen LogP contribution in [0, 0.1) is 20.8 Å². The topological polar surface area (TPSA) is 85.4 Å². The van der Waals surface area contributed by atoms with Crippen molar-refractivity contribution in [2.24, 2.45) is 0 Å². The van der Waals surface area contributed by atoms with Gasteiger partial charge in [-0.25, -0.2) is 9.97 Å². The van der Waals surface area contributed by atoms with Crippen LogP contribution in [0.5, 0.6) is 11.5 Å². The maximum Gasteiger partial charge on any atom is 0.274 e. The first-order valence-electron chi connectivity index (χ1n) is 9.13. The Bertz CT molecular complexity index is 1050. The van der Waals surface area contributed by atoms with Gasteiger partial charge in [-0.05, 0) is 56.2 Å². The molecule has 0 saturated heterocycles. The molecule has 3 rings (SSSR count). The van der Waals surface area contributed by atoms with Gasteiger partial charge in [-0.1, -0.05) is 12.1 Å². The van der Waals surface area contributed by atoms with Gasteiger partial charge in [-0.3, -0.25) is 4.79 Å². The molecule has 0 aliphatic carbocycles. The maximum atomic E-state index is 12.8. The van der Waals surface area contributed by atoms with Crippen LogP contribution >= 0.6 is 0 Å². The standard InChI is InChI=1S/C22H24N4O3/c1-13-6-7-14(2)17(10-13)24-21(27)19-11-15(3)23-22(26-19)25-18-12-16(28-4)8-9-20(18)29-5/h6-12H,1-5H3,(H,24,27)(H,23,25,26). The van der Waals surface area contributed by atoms with Gasteiger partial charge < -0.3 is 20.1 Å². The molecular formula is C22H24N4O3. The summed E-state index contributed by atoms with van der Waals surface area (Å²) in [6.45, 7) is 5.74. The Morgan fingerprint density at radius 2 is 1.69 bits per heavy atom. The van der Waals surface area contributed by atoms with Crippen molar-refractivity contribution in [3.63, 3.8) is 0 Å². The number of nitrogens with zero attached hydrogens (tertiary/aromatic N) is 2. The van der Waals surface area contributed by atoms with Crippen molar-refractivity contribution in [2.45, 2.75) is 20.8 Å². The van der Waals surface area contributed by atoms with Crippen molar-refractivity contribution in [1.29, 1.82) is 0 Å². The minimum absolute atomic E-state index is 0.266. The number of aromatic nitrogens is 2. The fraction of sp³-hybridized carbons (Fsp3) is 0.227. The summed E-state index contributed by atoms with van der Waals surface area (Å²) < 4.78 is 10.6. The van der Waals surface area contributed by atoms with E-state index in [9.17, 15) is 4.79 Å². The first-order chi connectivity index (χ1) is 13.9. The molecule has 7 nitrogen and oxygen atoms in total. The fourth-order valence-electron chi connectivity index (χ4n) is 2.83. The molecule has 0 aliphatic heterocycles. The average Bonchev–Trinajstić information content (AvgIpc) is 2.70. The zero-order valence-electron chi connectivity index (χ0n) is 17.2. The molecule has 1 aromatic heterocycles. The van der Waals surface area contributed by atoms with Crippen LogP contribution in [0.25, 0.3) is 0 Å². The lowest BCUT2D eigenvalue weighted by Crippen LogP contribution is -2.16. The molecule has 0 radical (unpaired) electrons. The lowest BCUT2D eigenvalue weighted by molar-refractivity contribution is 0.102. The Morgan fingerprint density at radius 1 is 0.897 bits per heavy atom. The SMILES string of the molecule is COc1ccc(OC)c(Nc2nc(C)cc(C(=O)Nc3cc(C)ccc3C)n2)c1. The molecule has 2 aromatic carbocycles. The summed E-state index contributed by atoms with van der Waals surface area (Å²) in [5, 5.41) is 6.04. The van der Waals surface area contributed by atoms with Crippen LogP contribution < -0.4 is 20.1 Å². The monoisotopic (exact) mass is 392 g/mol. The van der Waals surface area contributed by atoms with Crippen molar-refractivity contribution in [3.05, 3.63) is 65.0 Å². The van der Waals surface area contributed by atoms with Gasteiger partial charge in [0.25, 0.3) is 5.91 Å². The van der Waals surface area contributed by atoms with E-state index in [0.717, 1.165) is 16.8 Å². The predicted molar refractivity (Wildman–Crippen MR) is 113 cm³/mol.